The molecule has 0 unspecified atom stereocenters. The summed E-state index contributed by atoms with van der Waals surface area (Å²) in [7, 11) is 0. The van der Waals surface area contributed by atoms with Gasteiger partial charge in [0.25, 0.3) is 0 Å². The topological polar surface area (TPSA) is 44.3 Å². The third-order valence-electron chi connectivity index (χ3n) is 2.24. The number of thiocarbonyl (C=S) groups is 1. The van der Waals surface area contributed by atoms with Gasteiger partial charge in [-0.15, -0.1) is 0 Å². The lowest BCUT2D eigenvalue weighted by Crippen LogP contribution is -2.36. The fraction of sp³-hybridized carbons (Fsp3) is 0.364. The Kier molecular flexibility index (Phi) is 5.36. The van der Waals surface area contributed by atoms with E-state index in [1.165, 1.54) is 13.0 Å². The van der Waals surface area contributed by atoms with Gasteiger partial charge < -0.3 is 15.7 Å². The molecule has 100 valence electrons. The van der Waals surface area contributed by atoms with Crippen molar-refractivity contribution >= 4 is 17.3 Å². The van der Waals surface area contributed by atoms with Gasteiger partial charge in [-0.2, -0.15) is 0 Å². The zero-order valence-electron chi connectivity index (χ0n) is 9.69. The number of aliphatic hydroxyl groups is 1. The number of hydrogen-bond donors (Lipinski definition) is 3. The minimum atomic E-state index is -1.49. The highest BCUT2D eigenvalue weighted by Gasteiger charge is 2.16. The summed E-state index contributed by atoms with van der Waals surface area (Å²) in [6.07, 6.45) is 0. The highest BCUT2D eigenvalue weighted by Crippen LogP contribution is 2.18. The SMILES string of the molecule is Cc1cc(CNC(=S)NCCO)c(F)c(F)c1F. The molecule has 0 amide bonds. The number of aliphatic hydroxyl groups excluding tert-OH is 1. The van der Waals surface area contributed by atoms with E-state index < -0.39 is 17.5 Å². The summed E-state index contributed by atoms with van der Waals surface area (Å²) in [5.74, 6) is -3.89. The fourth-order valence-electron chi connectivity index (χ4n) is 1.33. The van der Waals surface area contributed by atoms with Crippen molar-refractivity contribution in [3.05, 3.63) is 34.6 Å². The molecule has 7 heteroatoms. The van der Waals surface area contributed by atoms with Crippen LogP contribution in [0.25, 0.3) is 0 Å². The van der Waals surface area contributed by atoms with Gasteiger partial charge in [-0.25, -0.2) is 13.2 Å². The molecule has 3 nitrogen and oxygen atoms in total. The first kappa shape index (κ1) is 14.7. The van der Waals surface area contributed by atoms with Crippen molar-refractivity contribution in [2.75, 3.05) is 13.2 Å². The molecule has 1 aromatic rings. The van der Waals surface area contributed by atoms with Gasteiger partial charge in [-0.3, -0.25) is 0 Å². The molecule has 0 aliphatic heterocycles. The molecule has 18 heavy (non-hydrogen) atoms. The predicted molar refractivity (Wildman–Crippen MR) is 65.6 cm³/mol. The molecule has 0 bridgehead atoms. The van der Waals surface area contributed by atoms with Crippen LogP contribution in [0.2, 0.25) is 0 Å². The maximum atomic E-state index is 13.4. The van der Waals surface area contributed by atoms with E-state index in [1.54, 1.807) is 0 Å². The van der Waals surface area contributed by atoms with Crippen molar-refractivity contribution in [3.8, 4) is 0 Å². The van der Waals surface area contributed by atoms with Gasteiger partial charge in [-0.1, -0.05) is 0 Å². The summed E-state index contributed by atoms with van der Waals surface area (Å²) in [6.45, 7) is 1.44. The smallest absolute Gasteiger partial charge is 0.195 e. The van der Waals surface area contributed by atoms with E-state index in [0.717, 1.165) is 0 Å². The van der Waals surface area contributed by atoms with Crippen molar-refractivity contribution in [3.63, 3.8) is 0 Å². The second-order valence-corrected chi connectivity index (χ2v) is 4.04. The van der Waals surface area contributed by atoms with Crippen LogP contribution in [-0.4, -0.2) is 23.4 Å². The number of aryl methyl sites for hydroxylation is 1. The average molecular weight is 278 g/mol. The first-order chi connectivity index (χ1) is 8.47. The fourth-order valence-corrected chi connectivity index (χ4v) is 1.51. The average Bonchev–Trinajstić information content (AvgIpc) is 2.36. The van der Waals surface area contributed by atoms with Crippen LogP contribution in [0.1, 0.15) is 11.1 Å². The second kappa shape index (κ2) is 6.55. The first-order valence-corrected chi connectivity index (χ1v) is 5.63. The van der Waals surface area contributed by atoms with Crippen LogP contribution in [0.5, 0.6) is 0 Å². The Labute approximate surface area is 108 Å². The van der Waals surface area contributed by atoms with Crippen molar-refractivity contribution in [2.24, 2.45) is 0 Å². The summed E-state index contributed by atoms with van der Waals surface area (Å²) in [6, 6.07) is 1.22. The van der Waals surface area contributed by atoms with Crippen LogP contribution in [0.15, 0.2) is 6.07 Å². The molecule has 0 saturated carbocycles. The molecule has 3 N–H and O–H groups in total. The van der Waals surface area contributed by atoms with Gasteiger partial charge in [0, 0.05) is 18.7 Å². The van der Waals surface area contributed by atoms with E-state index in [2.05, 4.69) is 10.6 Å². The molecule has 0 saturated heterocycles. The molecule has 0 fully saturated rings. The standard InChI is InChI=1S/C11H13F3N2OS/c1-6-4-7(9(13)10(14)8(6)12)5-16-11(18)15-2-3-17/h4,17H,2-3,5H2,1H3,(H2,15,16,18). The third-order valence-corrected chi connectivity index (χ3v) is 2.53. The molecule has 1 aromatic carbocycles. The maximum Gasteiger partial charge on any atom is 0.195 e. The van der Waals surface area contributed by atoms with Crippen LogP contribution in [-0.2, 0) is 6.54 Å². The van der Waals surface area contributed by atoms with Gasteiger partial charge >= 0.3 is 0 Å². The Hall–Kier alpha value is -1.34. The van der Waals surface area contributed by atoms with E-state index >= 15 is 0 Å². The highest BCUT2D eigenvalue weighted by atomic mass is 32.1. The quantitative estimate of drug-likeness (QED) is 0.575. The largest absolute Gasteiger partial charge is 0.395 e. The molecule has 0 aliphatic carbocycles. The second-order valence-electron chi connectivity index (χ2n) is 3.63. The van der Waals surface area contributed by atoms with Crippen LogP contribution in [0.3, 0.4) is 0 Å². The van der Waals surface area contributed by atoms with Crippen LogP contribution in [0.4, 0.5) is 13.2 Å². The number of halogens is 3. The van der Waals surface area contributed by atoms with Crippen molar-refractivity contribution in [1.82, 2.24) is 10.6 Å². The van der Waals surface area contributed by atoms with Crippen LogP contribution < -0.4 is 10.6 Å². The molecule has 0 atom stereocenters. The Bertz CT molecular complexity index is 454. The predicted octanol–water partition coefficient (Wildman–Crippen LogP) is 1.37. The van der Waals surface area contributed by atoms with Gasteiger partial charge in [0.1, 0.15) is 0 Å². The minimum absolute atomic E-state index is 0.0143. The summed E-state index contributed by atoms with van der Waals surface area (Å²) in [4.78, 5) is 0. The van der Waals surface area contributed by atoms with Crippen LogP contribution in [0, 0.1) is 24.4 Å². The Morgan fingerprint density at radius 1 is 1.22 bits per heavy atom. The number of hydrogen-bond acceptors (Lipinski definition) is 2. The lowest BCUT2D eigenvalue weighted by molar-refractivity contribution is 0.300. The van der Waals surface area contributed by atoms with E-state index in [-0.39, 0.29) is 35.9 Å². The van der Waals surface area contributed by atoms with Crippen molar-refractivity contribution in [1.29, 1.82) is 0 Å². The molecule has 1 rings (SSSR count). The van der Waals surface area contributed by atoms with Crippen LogP contribution >= 0.6 is 12.2 Å². The van der Waals surface area contributed by atoms with Gasteiger partial charge in [0.2, 0.25) is 0 Å². The Morgan fingerprint density at radius 2 is 1.89 bits per heavy atom. The summed E-state index contributed by atoms with van der Waals surface area (Å²) in [5.41, 5.74) is 0.0134. The first-order valence-electron chi connectivity index (χ1n) is 5.23. The van der Waals surface area contributed by atoms with E-state index in [1.807, 2.05) is 0 Å². The van der Waals surface area contributed by atoms with Gasteiger partial charge in [0.15, 0.2) is 22.6 Å². The summed E-state index contributed by atoms with van der Waals surface area (Å²) >= 11 is 4.83. The lowest BCUT2D eigenvalue weighted by atomic mass is 10.1. The molecule has 0 heterocycles. The molecule has 0 aliphatic rings. The molecular formula is C11H13F3N2OS. The molecule has 0 aromatic heterocycles. The Morgan fingerprint density at radius 3 is 2.50 bits per heavy atom. The Balaban J connectivity index is 2.71. The van der Waals surface area contributed by atoms with Crippen molar-refractivity contribution < 1.29 is 18.3 Å². The third kappa shape index (κ3) is 3.58. The summed E-state index contributed by atoms with van der Waals surface area (Å²) in [5, 5.41) is 14.0. The number of rotatable bonds is 4. The number of nitrogens with one attached hydrogen (secondary N) is 2. The number of benzene rings is 1. The molecule has 0 radical (unpaired) electrons. The molecule has 0 spiro atoms. The normalized spacial score (nSPS) is 10.3. The maximum absolute atomic E-state index is 13.4. The molecular weight excluding hydrogens is 265 g/mol. The zero-order valence-corrected chi connectivity index (χ0v) is 10.5. The highest BCUT2D eigenvalue weighted by molar-refractivity contribution is 7.80. The van der Waals surface area contributed by atoms with Gasteiger partial charge in [0.05, 0.1) is 6.61 Å². The zero-order chi connectivity index (χ0) is 13.7. The minimum Gasteiger partial charge on any atom is -0.395 e. The van der Waals surface area contributed by atoms with E-state index in [4.69, 9.17) is 17.3 Å². The van der Waals surface area contributed by atoms with Gasteiger partial charge in [-0.05, 0) is 30.8 Å². The monoisotopic (exact) mass is 278 g/mol. The lowest BCUT2D eigenvalue weighted by Gasteiger charge is -2.11. The van der Waals surface area contributed by atoms with E-state index in [0.29, 0.717) is 0 Å². The van der Waals surface area contributed by atoms with E-state index in [9.17, 15) is 13.2 Å². The summed E-state index contributed by atoms with van der Waals surface area (Å²) < 4.78 is 39.5. The van der Waals surface area contributed by atoms with Crippen molar-refractivity contribution in [2.45, 2.75) is 13.5 Å².